The molecule has 0 unspecified atom stereocenters. The van der Waals surface area contributed by atoms with Crippen LogP contribution in [-0.4, -0.2) is 28.7 Å². The minimum atomic E-state index is -3.67. The number of rotatable bonds is 7. The van der Waals surface area contributed by atoms with E-state index in [1.165, 1.54) is 12.1 Å². The Hall–Kier alpha value is -0.370. The Balaban J connectivity index is 2.96. The van der Waals surface area contributed by atoms with Crippen molar-refractivity contribution in [1.82, 2.24) is 4.72 Å². The fourth-order valence-electron chi connectivity index (χ4n) is 1.47. The lowest BCUT2D eigenvalue weighted by atomic mass is 10.2. The second kappa shape index (κ2) is 7.42. The number of sulfonamides is 1. The lowest BCUT2D eigenvalue weighted by Gasteiger charge is -2.11. The lowest BCUT2D eigenvalue weighted by molar-refractivity contribution is 0.196. The van der Waals surface area contributed by atoms with Gasteiger partial charge in [-0.3, -0.25) is 0 Å². The summed E-state index contributed by atoms with van der Waals surface area (Å²) in [6, 6.07) is 2.84. The van der Waals surface area contributed by atoms with Crippen LogP contribution < -0.4 is 10.5 Å². The third kappa shape index (κ3) is 4.30. The van der Waals surface area contributed by atoms with E-state index in [-0.39, 0.29) is 23.0 Å². The molecule has 0 saturated carbocycles. The average Bonchev–Trinajstić information content (AvgIpc) is 2.35. The van der Waals surface area contributed by atoms with Crippen molar-refractivity contribution in [1.29, 1.82) is 0 Å². The van der Waals surface area contributed by atoms with Gasteiger partial charge >= 0.3 is 0 Å². The summed E-state index contributed by atoms with van der Waals surface area (Å²) in [7, 11) is -2.12. The van der Waals surface area contributed by atoms with Crippen LogP contribution in [0.2, 0.25) is 10.0 Å². The van der Waals surface area contributed by atoms with Crippen LogP contribution in [0, 0.1) is 0 Å². The molecule has 1 rings (SSSR count). The summed E-state index contributed by atoms with van der Waals surface area (Å²) in [5, 5.41) is 0.417. The van der Waals surface area contributed by atoms with Crippen molar-refractivity contribution in [3.05, 3.63) is 27.7 Å². The van der Waals surface area contributed by atoms with Crippen molar-refractivity contribution in [2.75, 3.05) is 20.3 Å². The molecule has 108 valence electrons. The first-order valence-electron chi connectivity index (χ1n) is 5.59. The molecule has 19 heavy (non-hydrogen) atoms. The number of nitrogens with two attached hydrogens (primary N) is 1. The Morgan fingerprint density at radius 2 is 2.05 bits per heavy atom. The van der Waals surface area contributed by atoms with Crippen molar-refractivity contribution >= 4 is 33.2 Å². The molecule has 1 aromatic rings. The van der Waals surface area contributed by atoms with Crippen LogP contribution in [-0.2, 0) is 21.3 Å². The summed E-state index contributed by atoms with van der Waals surface area (Å²) >= 11 is 11.9. The maximum Gasteiger partial charge on any atom is 0.242 e. The SMILES string of the molecule is COCCCNS(=O)(=O)c1ccc(Cl)c(CN)c1Cl. The van der Waals surface area contributed by atoms with Gasteiger partial charge in [-0.25, -0.2) is 13.1 Å². The van der Waals surface area contributed by atoms with Crippen LogP contribution in [0.25, 0.3) is 0 Å². The van der Waals surface area contributed by atoms with Gasteiger partial charge in [0.2, 0.25) is 10.0 Å². The van der Waals surface area contributed by atoms with Gasteiger partial charge in [0.25, 0.3) is 0 Å². The molecule has 1 aromatic carbocycles. The van der Waals surface area contributed by atoms with E-state index < -0.39 is 10.0 Å². The molecule has 0 radical (unpaired) electrons. The monoisotopic (exact) mass is 326 g/mol. The summed E-state index contributed by atoms with van der Waals surface area (Å²) in [5.74, 6) is 0. The molecule has 0 bridgehead atoms. The van der Waals surface area contributed by atoms with E-state index >= 15 is 0 Å². The highest BCUT2D eigenvalue weighted by molar-refractivity contribution is 7.89. The predicted molar refractivity (Wildman–Crippen MR) is 76.0 cm³/mol. The maximum atomic E-state index is 12.1. The molecular weight excluding hydrogens is 311 g/mol. The number of hydrogen-bond acceptors (Lipinski definition) is 4. The van der Waals surface area contributed by atoms with Crippen molar-refractivity contribution in [3.63, 3.8) is 0 Å². The van der Waals surface area contributed by atoms with Gasteiger partial charge in [-0.2, -0.15) is 0 Å². The summed E-state index contributed by atoms with van der Waals surface area (Å²) in [4.78, 5) is -0.0172. The van der Waals surface area contributed by atoms with Crippen molar-refractivity contribution in [2.45, 2.75) is 17.9 Å². The van der Waals surface area contributed by atoms with Crippen LogP contribution in [0.1, 0.15) is 12.0 Å². The van der Waals surface area contributed by atoms with Gasteiger partial charge in [0.05, 0.1) is 5.02 Å². The number of ether oxygens (including phenoxy) is 1. The highest BCUT2D eigenvalue weighted by Gasteiger charge is 2.20. The third-order valence-corrected chi connectivity index (χ3v) is 4.86. The highest BCUT2D eigenvalue weighted by atomic mass is 35.5. The van der Waals surface area contributed by atoms with E-state index in [9.17, 15) is 8.42 Å². The van der Waals surface area contributed by atoms with E-state index in [1.54, 1.807) is 7.11 Å². The molecule has 0 atom stereocenters. The number of methoxy groups -OCH3 is 1. The second-order valence-electron chi connectivity index (χ2n) is 3.79. The summed E-state index contributed by atoms with van der Waals surface area (Å²) in [6.45, 7) is 0.822. The zero-order valence-electron chi connectivity index (χ0n) is 10.4. The number of nitrogens with one attached hydrogen (secondary N) is 1. The third-order valence-electron chi connectivity index (χ3n) is 2.46. The van der Waals surface area contributed by atoms with Crippen molar-refractivity contribution in [2.24, 2.45) is 5.73 Å². The molecule has 0 heterocycles. The molecule has 0 fully saturated rings. The molecule has 0 aliphatic carbocycles. The Labute approximate surface area is 123 Å². The normalized spacial score (nSPS) is 11.8. The van der Waals surface area contributed by atoms with Gasteiger partial charge < -0.3 is 10.5 Å². The molecule has 0 saturated heterocycles. The first-order valence-corrected chi connectivity index (χ1v) is 7.83. The van der Waals surface area contributed by atoms with Gasteiger partial charge in [-0.05, 0) is 18.6 Å². The van der Waals surface area contributed by atoms with Gasteiger partial charge in [0.1, 0.15) is 4.90 Å². The molecule has 3 N–H and O–H groups in total. The Kier molecular flexibility index (Phi) is 6.52. The molecule has 0 aromatic heterocycles. The Bertz CT molecular complexity index is 535. The topological polar surface area (TPSA) is 81.4 Å². The smallest absolute Gasteiger partial charge is 0.242 e. The molecule has 5 nitrogen and oxygen atoms in total. The van der Waals surface area contributed by atoms with Crippen LogP contribution in [0.15, 0.2) is 17.0 Å². The zero-order valence-corrected chi connectivity index (χ0v) is 12.8. The first kappa shape index (κ1) is 16.7. The maximum absolute atomic E-state index is 12.1. The number of halogens is 2. The summed E-state index contributed by atoms with van der Waals surface area (Å²) in [6.07, 6.45) is 0.574. The number of benzene rings is 1. The lowest BCUT2D eigenvalue weighted by Crippen LogP contribution is -2.26. The zero-order chi connectivity index (χ0) is 14.5. The molecule has 0 aliphatic heterocycles. The minimum Gasteiger partial charge on any atom is -0.385 e. The van der Waals surface area contributed by atoms with E-state index in [4.69, 9.17) is 33.7 Å². The predicted octanol–water partition coefficient (Wildman–Crippen LogP) is 1.77. The standard InChI is InChI=1S/C11H16Cl2N2O3S/c1-18-6-2-5-15-19(16,17)10-4-3-9(12)8(7-14)11(10)13/h3-4,15H,2,5-7,14H2,1H3. The summed E-state index contributed by atoms with van der Waals surface area (Å²) < 4.78 is 31.4. The van der Waals surface area contributed by atoms with Gasteiger partial charge in [-0.1, -0.05) is 23.2 Å². The van der Waals surface area contributed by atoms with Gasteiger partial charge in [0.15, 0.2) is 0 Å². The molecule has 0 aliphatic rings. The number of hydrogen-bond donors (Lipinski definition) is 2. The molecule has 8 heteroatoms. The van der Waals surface area contributed by atoms with Gasteiger partial charge in [0, 0.05) is 37.4 Å². The average molecular weight is 327 g/mol. The van der Waals surface area contributed by atoms with E-state index in [1.807, 2.05) is 0 Å². The van der Waals surface area contributed by atoms with Crippen molar-refractivity contribution < 1.29 is 13.2 Å². The molecule has 0 spiro atoms. The Morgan fingerprint density at radius 1 is 1.37 bits per heavy atom. The summed E-state index contributed by atoms with van der Waals surface area (Å²) in [5.41, 5.74) is 5.92. The van der Waals surface area contributed by atoms with Crippen LogP contribution >= 0.6 is 23.2 Å². The fourth-order valence-corrected chi connectivity index (χ4v) is 3.48. The van der Waals surface area contributed by atoms with Crippen molar-refractivity contribution in [3.8, 4) is 0 Å². The first-order chi connectivity index (χ1) is 8.94. The second-order valence-corrected chi connectivity index (χ2v) is 6.31. The molecular formula is C11H16Cl2N2O3S. The van der Waals surface area contributed by atoms with E-state index in [2.05, 4.69) is 4.72 Å². The van der Waals surface area contributed by atoms with Crippen LogP contribution in [0.4, 0.5) is 0 Å². The van der Waals surface area contributed by atoms with E-state index in [0.29, 0.717) is 23.6 Å². The Morgan fingerprint density at radius 3 is 2.63 bits per heavy atom. The van der Waals surface area contributed by atoms with Gasteiger partial charge in [-0.15, -0.1) is 0 Å². The van der Waals surface area contributed by atoms with Crippen LogP contribution in [0.5, 0.6) is 0 Å². The molecule has 0 amide bonds. The minimum absolute atomic E-state index is 0.0172. The fraction of sp³-hybridized carbons (Fsp3) is 0.455. The van der Waals surface area contributed by atoms with E-state index in [0.717, 1.165) is 0 Å². The highest BCUT2D eigenvalue weighted by Crippen LogP contribution is 2.30. The largest absolute Gasteiger partial charge is 0.385 e. The van der Waals surface area contributed by atoms with Crippen LogP contribution in [0.3, 0.4) is 0 Å². The quantitative estimate of drug-likeness (QED) is 0.748.